The molecule has 0 unspecified atom stereocenters. The van der Waals surface area contributed by atoms with E-state index in [2.05, 4.69) is 25.5 Å². The van der Waals surface area contributed by atoms with Gasteiger partial charge in [-0.3, -0.25) is 9.59 Å². The number of carbonyl (C=O) groups is 2. The van der Waals surface area contributed by atoms with E-state index < -0.39 is 0 Å². The maximum absolute atomic E-state index is 12.3. The molecule has 1 aromatic carbocycles. The Labute approximate surface area is 220 Å². The first-order valence-corrected chi connectivity index (χ1v) is 13.6. The molecule has 1 amide bonds. The van der Waals surface area contributed by atoms with E-state index in [1.165, 1.54) is 23.1 Å². The SMILES string of the molecule is CCOC(=O)Cc1csc(NC(=O)CSc2ccc(-c3sc(-c4cccc(OC)c4)nc3C)nn2)n1. The van der Waals surface area contributed by atoms with Crippen molar-refractivity contribution >= 4 is 51.4 Å². The molecule has 1 N–H and O–H groups in total. The summed E-state index contributed by atoms with van der Waals surface area (Å²) in [5, 5.41) is 15.0. The van der Waals surface area contributed by atoms with Crippen molar-refractivity contribution in [1.82, 2.24) is 20.2 Å². The number of rotatable bonds is 10. The Balaban J connectivity index is 1.33. The number of anilines is 1. The zero-order valence-corrected chi connectivity index (χ0v) is 22.3. The molecule has 186 valence electrons. The highest BCUT2D eigenvalue weighted by Crippen LogP contribution is 2.35. The Bertz CT molecular complexity index is 1350. The summed E-state index contributed by atoms with van der Waals surface area (Å²) in [4.78, 5) is 33.8. The molecular weight excluding hydrogens is 518 g/mol. The van der Waals surface area contributed by atoms with Crippen LogP contribution < -0.4 is 10.1 Å². The number of nitrogens with one attached hydrogen (secondary N) is 1. The zero-order chi connectivity index (χ0) is 25.5. The van der Waals surface area contributed by atoms with Crippen LogP contribution >= 0.6 is 34.4 Å². The van der Waals surface area contributed by atoms with Gasteiger partial charge in [-0.1, -0.05) is 23.9 Å². The number of nitrogens with zero attached hydrogens (tertiary/aromatic N) is 4. The summed E-state index contributed by atoms with van der Waals surface area (Å²) in [6.45, 7) is 4.02. The number of hydrogen-bond donors (Lipinski definition) is 1. The van der Waals surface area contributed by atoms with Crippen molar-refractivity contribution in [2.24, 2.45) is 0 Å². The molecule has 4 rings (SSSR count). The number of aromatic nitrogens is 4. The van der Waals surface area contributed by atoms with E-state index in [0.717, 1.165) is 32.6 Å². The van der Waals surface area contributed by atoms with Gasteiger partial charge in [0.15, 0.2) is 5.13 Å². The lowest BCUT2D eigenvalue weighted by molar-refractivity contribution is -0.142. The van der Waals surface area contributed by atoms with Gasteiger partial charge in [-0.2, -0.15) is 0 Å². The third-order valence-corrected chi connectivity index (χ3v) is 7.72. The predicted octanol–water partition coefficient (Wildman–Crippen LogP) is 4.88. The monoisotopic (exact) mass is 541 g/mol. The van der Waals surface area contributed by atoms with Crippen molar-refractivity contribution in [3.05, 3.63) is 53.2 Å². The summed E-state index contributed by atoms with van der Waals surface area (Å²) in [6.07, 6.45) is 0.0805. The molecule has 0 radical (unpaired) electrons. The average Bonchev–Trinajstić information content (AvgIpc) is 3.49. The van der Waals surface area contributed by atoms with Gasteiger partial charge in [0.1, 0.15) is 21.5 Å². The van der Waals surface area contributed by atoms with Gasteiger partial charge in [0, 0.05) is 10.9 Å². The number of carbonyl (C=O) groups excluding carboxylic acids is 2. The number of thioether (sulfide) groups is 1. The number of hydrogen-bond acceptors (Lipinski definition) is 11. The summed E-state index contributed by atoms with van der Waals surface area (Å²) in [7, 11) is 1.64. The maximum Gasteiger partial charge on any atom is 0.311 e. The second kappa shape index (κ2) is 12.1. The molecule has 3 aromatic heterocycles. The molecule has 4 aromatic rings. The van der Waals surface area contributed by atoms with Crippen LogP contribution in [0.5, 0.6) is 5.75 Å². The maximum atomic E-state index is 12.3. The minimum atomic E-state index is -0.344. The van der Waals surface area contributed by atoms with E-state index in [-0.39, 0.29) is 24.1 Å². The van der Waals surface area contributed by atoms with E-state index >= 15 is 0 Å². The molecule has 0 spiro atoms. The highest BCUT2D eigenvalue weighted by Gasteiger charge is 2.15. The second-order valence-corrected chi connectivity index (χ2v) is 10.2. The number of benzene rings is 1. The van der Waals surface area contributed by atoms with Crippen LogP contribution in [-0.4, -0.2) is 51.5 Å². The summed E-state index contributed by atoms with van der Waals surface area (Å²) in [6, 6.07) is 11.5. The number of amides is 1. The molecule has 3 heterocycles. The molecular formula is C24H23N5O4S3. The smallest absolute Gasteiger partial charge is 0.311 e. The fourth-order valence-electron chi connectivity index (χ4n) is 3.13. The van der Waals surface area contributed by atoms with Gasteiger partial charge in [0.25, 0.3) is 0 Å². The van der Waals surface area contributed by atoms with Crippen LogP contribution in [-0.2, 0) is 20.7 Å². The van der Waals surface area contributed by atoms with Gasteiger partial charge in [-0.05, 0) is 38.1 Å². The number of methoxy groups -OCH3 is 1. The lowest BCUT2D eigenvalue weighted by Gasteiger charge is -2.02. The van der Waals surface area contributed by atoms with Crippen LogP contribution in [0.15, 0.2) is 46.8 Å². The van der Waals surface area contributed by atoms with Gasteiger partial charge >= 0.3 is 5.97 Å². The average molecular weight is 542 g/mol. The number of ether oxygens (including phenoxy) is 2. The van der Waals surface area contributed by atoms with Crippen molar-refractivity contribution in [3.8, 4) is 26.9 Å². The molecule has 9 nitrogen and oxygen atoms in total. The topological polar surface area (TPSA) is 116 Å². The molecule has 0 aliphatic carbocycles. The third kappa shape index (κ3) is 6.65. The number of aryl methyl sites for hydroxylation is 1. The van der Waals surface area contributed by atoms with Gasteiger partial charge < -0.3 is 14.8 Å². The number of esters is 1. The summed E-state index contributed by atoms with van der Waals surface area (Å²) in [5.41, 5.74) is 3.14. The minimum Gasteiger partial charge on any atom is -0.497 e. The van der Waals surface area contributed by atoms with Crippen LogP contribution in [0.25, 0.3) is 21.1 Å². The Morgan fingerprint density at radius 2 is 2.00 bits per heavy atom. The standard InChI is InChI=1S/C24H23N5O4S3/c1-4-33-21(31)11-16-12-35-24(26-16)27-19(30)13-34-20-9-8-18(28-29-20)22-14(2)25-23(36-22)15-6-5-7-17(10-15)32-3/h5-10,12H,4,11,13H2,1-3H3,(H,26,27,30). The Kier molecular flexibility index (Phi) is 8.62. The van der Waals surface area contributed by atoms with Crippen LogP contribution in [0.2, 0.25) is 0 Å². The zero-order valence-electron chi connectivity index (χ0n) is 19.8. The second-order valence-electron chi connectivity index (χ2n) is 7.38. The fourth-order valence-corrected chi connectivity index (χ4v) is 5.50. The molecule has 0 aliphatic rings. The summed E-state index contributed by atoms with van der Waals surface area (Å²) >= 11 is 4.08. The Morgan fingerprint density at radius 3 is 2.75 bits per heavy atom. The molecule has 12 heteroatoms. The first-order valence-electron chi connectivity index (χ1n) is 10.9. The van der Waals surface area contributed by atoms with E-state index in [1.54, 1.807) is 30.8 Å². The number of thiazole rings is 2. The third-order valence-electron chi connectivity index (χ3n) is 4.77. The van der Waals surface area contributed by atoms with Gasteiger partial charge in [-0.25, -0.2) is 9.97 Å². The van der Waals surface area contributed by atoms with Crippen LogP contribution in [0.4, 0.5) is 5.13 Å². The van der Waals surface area contributed by atoms with Crippen molar-refractivity contribution in [2.45, 2.75) is 25.3 Å². The van der Waals surface area contributed by atoms with Crippen molar-refractivity contribution < 1.29 is 19.1 Å². The summed E-state index contributed by atoms with van der Waals surface area (Å²) < 4.78 is 10.2. The van der Waals surface area contributed by atoms with E-state index in [0.29, 0.717) is 22.5 Å². The first-order chi connectivity index (χ1) is 17.4. The van der Waals surface area contributed by atoms with Gasteiger partial charge in [-0.15, -0.1) is 32.9 Å². The van der Waals surface area contributed by atoms with Crippen molar-refractivity contribution in [1.29, 1.82) is 0 Å². The van der Waals surface area contributed by atoms with Crippen LogP contribution in [0, 0.1) is 6.92 Å². The molecule has 0 atom stereocenters. The van der Waals surface area contributed by atoms with E-state index in [1.807, 2.05) is 43.3 Å². The highest BCUT2D eigenvalue weighted by atomic mass is 32.2. The molecule has 0 bridgehead atoms. The molecule has 36 heavy (non-hydrogen) atoms. The predicted molar refractivity (Wildman–Crippen MR) is 142 cm³/mol. The quantitative estimate of drug-likeness (QED) is 0.221. The first kappa shape index (κ1) is 25.7. The van der Waals surface area contributed by atoms with Crippen molar-refractivity contribution in [3.63, 3.8) is 0 Å². The van der Waals surface area contributed by atoms with Gasteiger partial charge in [0.2, 0.25) is 5.91 Å². The van der Waals surface area contributed by atoms with E-state index in [4.69, 9.17) is 9.47 Å². The fraction of sp³-hybridized carbons (Fsp3) is 0.250. The lowest BCUT2D eigenvalue weighted by Crippen LogP contribution is -2.14. The van der Waals surface area contributed by atoms with Crippen molar-refractivity contribution in [2.75, 3.05) is 24.8 Å². The molecule has 0 fully saturated rings. The Hall–Kier alpha value is -3.35. The molecule has 0 aliphatic heterocycles. The van der Waals surface area contributed by atoms with Crippen LogP contribution in [0.1, 0.15) is 18.3 Å². The van der Waals surface area contributed by atoms with Gasteiger partial charge in [0.05, 0.1) is 42.2 Å². The Morgan fingerprint density at radius 1 is 1.14 bits per heavy atom. The normalized spacial score (nSPS) is 10.8. The van der Waals surface area contributed by atoms with E-state index in [9.17, 15) is 9.59 Å². The minimum absolute atomic E-state index is 0.0805. The molecule has 0 saturated carbocycles. The highest BCUT2D eigenvalue weighted by molar-refractivity contribution is 7.99. The van der Waals surface area contributed by atoms with Crippen LogP contribution in [0.3, 0.4) is 0 Å². The summed E-state index contributed by atoms with van der Waals surface area (Å²) in [5.74, 6) is 0.368. The largest absolute Gasteiger partial charge is 0.497 e. The lowest BCUT2D eigenvalue weighted by atomic mass is 10.2. The molecule has 0 saturated heterocycles.